The fourth-order valence-corrected chi connectivity index (χ4v) is 1.06. The number of nitrogens with zero attached hydrogens (tertiary/aromatic N) is 3. The van der Waals surface area contributed by atoms with Gasteiger partial charge in [0.15, 0.2) is 11.6 Å². The molecule has 1 rings (SSSR count). The maximum Gasteiger partial charge on any atom is 0.226 e. The maximum atomic E-state index is 5.69. The van der Waals surface area contributed by atoms with E-state index in [0.29, 0.717) is 23.3 Å². The van der Waals surface area contributed by atoms with Gasteiger partial charge in [-0.05, 0) is 0 Å². The van der Waals surface area contributed by atoms with Crippen LogP contribution >= 0.6 is 0 Å². The average molecular weight is 182 g/mol. The highest BCUT2D eigenvalue weighted by Gasteiger charge is 2.10. The van der Waals surface area contributed by atoms with Crippen LogP contribution < -0.4 is 21.7 Å². The highest BCUT2D eigenvalue weighted by molar-refractivity contribution is 5.76. The van der Waals surface area contributed by atoms with Crippen LogP contribution in [0.4, 0.5) is 23.3 Å². The Labute approximate surface area is 77.0 Å². The molecule has 0 bridgehead atoms. The van der Waals surface area contributed by atoms with Crippen molar-refractivity contribution in [2.24, 2.45) is 0 Å². The zero-order valence-electron chi connectivity index (χ0n) is 8.00. The molecular weight excluding hydrogens is 168 g/mol. The molecule has 0 spiro atoms. The number of hydrogen-bond acceptors (Lipinski definition) is 6. The Morgan fingerprint density at radius 1 is 1.15 bits per heavy atom. The van der Waals surface area contributed by atoms with E-state index in [2.05, 4.69) is 15.3 Å². The molecule has 1 aromatic rings. The smallest absolute Gasteiger partial charge is 0.226 e. The molecule has 0 aliphatic carbocycles. The van der Waals surface area contributed by atoms with Gasteiger partial charge in [-0.1, -0.05) is 0 Å². The average Bonchev–Trinajstić information content (AvgIpc) is 2.02. The first-order valence-electron chi connectivity index (χ1n) is 3.84. The van der Waals surface area contributed by atoms with E-state index < -0.39 is 0 Å². The lowest BCUT2D eigenvalue weighted by Gasteiger charge is -2.16. The highest BCUT2D eigenvalue weighted by Crippen LogP contribution is 2.25. The first-order chi connectivity index (χ1) is 6.06. The maximum absolute atomic E-state index is 5.69. The van der Waals surface area contributed by atoms with Gasteiger partial charge in [-0.2, -0.15) is 9.97 Å². The van der Waals surface area contributed by atoms with Gasteiger partial charge in [0, 0.05) is 21.1 Å². The fourth-order valence-electron chi connectivity index (χ4n) is 1.06. The molecule has 0 aliphatic rings. The summed E-state index contributed by atoms with van der Waals surface area (Å²) >= 11 is 0. The van der Waals surface area contributed by atoms with Crippen LogP contribution in [0.1, 0.15) is 0 Å². The lowest BCUT2D eigenvalue weighted by Crippen LogP contribution is -2.16. The molecule has 0 unspecified atom stereocenters. The normalized spacial score (nSPS) is 9.77. The minimum Gasteiger partial charge on any atom is -0.382 e. The Morgan fingerprint density at radius 3 is 1.92 bits per heavy atom. The third-order valence-electron chi connectivity index (χ3n) is 1.61. The predicted octanol–water partition coefficient (Wildman–Crippen LogP) is -0.251. The molecular formula is C7H14N6. The second-order valence-electron chi connectivity index (χ2n) is 2.81. The molecule has 0 fully saturated rings. The number of aromatic nitrogens is 2. The van der Waals surface area contributed by atoms with Crippen LogP contribution in [0, 0.1) is 0 Å². The van der Waals surface area contributed by atoms with Crippen LogP contribution in [-0.4, -0.2) is 31.1 Å². The fraction of sp³-hybridized carbons (Fsp3) is 0.429. The Morgan fingerprint density at radius 2 is 1.62 bits per heavy atom. The zero-order valence-corrected chi connectivity index (χ0v) is 8.00. The minimum absolute atomic E-state index is 0.377. The summed E-state index contributed by atoms with van der Waals surface area (Å²) < 4.78 is 0. The first kappa shape index (κ1) is 9.37. The van der Waals surface area contributed by atoms with Crippen LogP contribution in [-0.2, 0) is 0 Å². The second-order valence-corrected chi connectivity index (χ2v) is 2.81. The van der Waals surface area contributed by atoms with E-state index in [0.717, 1.165) is 0 Å². The van der Waals surface area contributed by atoms with Crippen molar-refractivity contribution >= 4 is 23.3 Å². The van der Waals surface area contributed by atoms with Crippen molar-refractivity contribution in [1.29, 1.82) is 0 Å². The molecule has 0 amide bonds. The quantitative estimate of drug-likeness (QED) is 0.584. The van der Waals surface area contributed by atoms with Crippen LogP contribution in [0.25, 0.3) is 0 Å². The third-order valence-corrected chi connectivity index (χ3v) is 1.61. The molecule has 1 aromatic heterocycles. The molecule has 0 radical (unpaired) electrons. The molecule has 13 heavy (non-hydrogen) atoms. The van der Waals surface area contributed by atoms with Gasteiger partial charge in [0.25, 0.3) is 0 Å². The summed E-state index contributed by atoms with van der Waals surface area (Å²) in [4.78, 5) is 9.80. The van der Waals surface area contributed by atoms with Crippen LogP contribution in [0.3, 0.4) is 0 Å². The summed E-state index contributed by atoms with van der Waals surface area (Å²) in [5.41, 5.74) is 12.0. The van der Waals surface area contributed by atoms with Gasteiger partial charge < -0.3 is 21.7 Å². The van der Waals surface area contributed by atoms with E-state index in [1.54, 1.807) is 11.9 Å². The summed E-state index contributed by atoms with van der Waals surface area (Å²) in [6, 6.07) is 0. The molecule has 0 saturated carbocycles. The summed E-state index contributed by atoms with van der Waals surface area (Å²) in [6.45, 7) is 0. The Bertz CT molecular complexity index is 285. The number of hydrogen-bond donors (Lipinski definition) is 3. The molecule has 6 heteroatoms. The monoisotopic (exact) mass is 182 g/mol. The SMILES string of the molecule is CNc1nc(N)c(N(C)C)c(N)n1. The molecule has 0 atom stereocenters. The molecule has 72 valence electrons. The van der Waals surface area contributed by atoms with E-state index in [-0.39, 0.29) is 0 Å². The van der Waals surface area contributed by atoms with E-state index in [4.69, 9.17) is 11.5 Å². The number of anilines is 4. The van der Waals surface area contributed by atoms with Crippen molar-refractivity contribution in [2.75, 3.05) is 42.8 Å². The molecule has 5 N–H and O–H groups in total. The van der Waals surface area contributed by atoms with Gasteiger partial charge in [0.2, 0.25) is 5.95 Å². The summed E-state index contributed by atoms with van der Waals surface area (Å²) in [5.74, 6) is 1.18. The minimum atomic E-state index is 0.377. The van der Waals surface area contributed by atoms with Crippen LogP contribution in [0.5, 0.6) is 0 Å². The van der Waals surface area contributed by atoms with E-state index in [1.165, 1.54) is 0 Å². The van der Waals surface area contributed by atoms with Gasteiger partial charge in [-0.3, -0.25) is 0 Å². The van der Waals surface area contributed by atoms with Crippen LogP contribution in [0.2, 0.25) is 0 Å². The lowest BCUT2D eigenvalue weighted by atomic mass is 10.4. The first-order valence-corrected chi connectivity index (χ1v) is 3.84. The summed E-state index contributed by atoms with van der Waals surface area (Å²) in [6.07, 6.45) is 0. The lowest BCUT2D eigenvalue weighted by molar-refractivity contribution is 1.08. The topological polar surface area (TPSA) is 93.1 Å². The molecule has 1 heterocycles. The predicted molar refractivity (Wildman–Crippen MR) is 54.7 cm³/mol. The van der Waals surface area contributed by atoms with Gasteiger partial charge in [0.05, 0.1) is 0 Å². The molecule has 0 saturated heterocycles. The van der Waals surface area contributed by atoms with E-state index in [1.807, 2.05) is 14.1 Å². The number of rotatable bonds is 2. The van der Waals surface area contributed by atoms with Crippen molar-refractivity contribution in [2.45, 2.75) is 0 Å². The molecule has 0 aliphatic heterocycles. The van der Waals surface area contributed by atoms with E-state index in [9.17, 15) is 0 Å². The molecule has 6 nitrogen and oxygen atoms in total. The van der Waals surface area contributed by atoms with Gasteiger partial charge in [-0.15, -0.1) is 0 Å². The molecule has 0 aromatic carbocycles. The second kappa shape index (κ2) is 3.34. The summed E-state index contributed by atoms with van der Waals surface area (Å²) in [5, 5.41) is 2.77. The van der Waals surface area contributed by atoms with Gasteiger partial charge >= 0.3 is 0 Å². The van der Waals surface area contributed by atoms with Crippen molar-refractivity contribution in [3.8, 4) is 0 Å². The highest BCUT2D eigenvalue weighted by atomic mass is 15.2. The van der Waals surface area contributed by atoms with Crippen molar-refractivity contribution in [3.63, 3.8) is 0 Å². The largest absolute Gasteiger partial charge is 0.382 e. The Balaban J connectivity index is 3.23. The standard InChI is InChI=1S/C7H14N6/c1-10-7-11-5(8)4(13(2)3)6(9)12-7/h1-3H3,(H5,8,9,10,11,12). The zero-order chi connectivity index (χ0) is 10.0. The van der Waals surface area contributed by atoms with Crippen molar-refractivity contribution < 1.29 is 0 Å². The van der Waals surface area contributed by atoms with Crippen LogP contribution in [0.15, 0.2) is 0 Å². The van der Waals surface area contributed by atoms with Gasteiger partial charge in [0.1, 0.15) is 5.69 Å². The third kappa shape index (κ3) is 1.71. The summed E-state index contributed by atoms with van der Waals surface area (Å²) in [7, 11) is 5.39. The van der Waals surface area contributed by atoms with Crippen molar-refractivity contribution in [1.82, 2.24) is 9.97 Å². The van der Waals surface area contributed by atoms with E-state index >= 15 is 0 Å². The Kier molecular flexibility index (Phi) is 2.41. The van der Waals surface area contributed by atoms with Crippen molar-refractivity contribution in [3.05, 3.63) is 0 Å². The number of nitrogens with one attached hydrogen (secondary N) is 1. The Hall–Kier alpha value is -1.72. The van der Waals surface area contributed by atoms with Gasteiger partial charge in [-0.25, -0.2) is 0 Å². The number of nitrogens with two attached hydrogens (primary N) is 2. The number of nitrogen functional groups attached to an aromatic ring is 2.